The average molecular weight is 399 g/mol. The van der Waals surface area contributed by atoms with Crippen LogP contribution in [-0.4, -0.2) is 36.9 Å². The third kappa shape index (κ3) is 3.28. The van der Waals surface area contributed by atoms with Crippen LogP contribution in [0, 0.1) is 6.92 Å². The Morgan fingerprint density at radius 3 is 2.63 bits per heavy atom. The fraction of sp³-hybridized carbons (Fsp3) is 0.217. The van der Waals surface area contributed by atoms with Crippen molar-refractivity contribution in [2.24, 2.45) is 0 Å². The molecule has 3 aromatic heterocycles. The van der Waals surface area contributed by atoms with Gasteiger partial charge in [0, 0.05) is 55.6 Å². The number of hydrogen-bond acceptors (Lipinski definition) is 4. The first-order chi connectivity index (χ1) is 14.6. The summed E-state index contributed by atoms with van der Waals surface area (Å²) in [6.07, 6.45) is 5.61. The number of fused-ring (bicyclic) bond motifs is 1. The quantitative estimate of drug-likeness (QED) is 0.572. The molecule has 0 radical (unpaired) electrons. The molecule has 1 aliphatic heterocycles. The van der Waals surface area contributed by atoms with Crippen molar-refractivity contribution >= 4 is 11.6 Å². The maximum absolute atomic E-state index is 12.7. The van der Waals surface area contributed by atoms with E-state index >= 15 is 0 Å². The van der Waals surface area contributed by atoms with Crippen molar-refractivity contribution in [1.29, 1.82) is 0 Å². The zero-order chi connectivity index (χ0) is 20.7. The maximum Gasteiger partial charge on any atom is 0.272 e. The molecule has 0 unspecified atom stereocenters. The first-order valence-electron chi connectivity index (χ1n) is 9.93. The lowest BCUT2D eigenvalue weighted by molar-refractivity contribution is -0.128. The summed E-state index contributed by atoms with van der Waals surface area (Å²) in [6, 6.07) is 13.5. The lowest BCUT2D eigenvalue weighted by atomic mass is 10.0. The average Bonchev–Trinajstić information content (AvgIpc) is 3.34. The van der Waals surface area contributed by atoms with Gasteiger partial charge in [-0.25, -0.2) is 9.50 Å². The zero-order valence-corrected chi connectivity index (χ0v) is 16.6. The topological polar surface area (TPSA) is 83.4 Å². The number of aryl methyl sites for hydroxylation is 1. The largest absolute Gasteiger partial charge is 0.338 e. The van der Waals surface area contributed by atoms with Crippen molar-refractivity contribution in [1.82, 2.24) is 24.5 Å². The molecule has 1 saturated heterocycles. The van der Waals surface area contributed by atoms with E-state index in [9.17, 15) is 9.59 Å². The number of carbonyl (C=O) groups is 1. The van der Waals surface area contributed by atoms with Gasteiger partial charge in [0.25, 0.3) is 5.56 Å². The molecule has 0 bridgehead atoms. The molecule has 4 heterocycles. The first-order valence-corrected chi connectivity index (χ1v) is 9.93. The minimum Gasteiger partial charge on any atom is -0.338 e. The molecule has 4 aromatic rings. The van der Waals surface area contributed by atoms with Crippen LogP contribution in [0.3, 0.4) is 0 Å². The number of hydrogen-bond donors (Lipinski definition) is 1. The highest BCUT2D eigenvalue weighted by molar-refractivity contribution is 5.80. The number of nitrogens with one attached hydrogen (secondary N) is 1. The van der Waals surface area contributed by atoms with Crippen LogP contribution in [0.5, 0.6) is 0 Å². The van der Waals surface area contributed by atoms with E-state index in [1.807, 2.05) is 48.2 Å². The Kier molecular flexibility index (Phi) is 4.43. The molecule has 150 valence electrons. The van der Waals surface area contributed by atoms with Gasteiger partial charge >= 0.3 is 0 Å². The Bertz CT molecular complexity index is 1270. The van der Waals surface area contributed by atoms with Gasteiger partial charge < -0.3 is 4.90 Å². The van der Waals surface area contributed by atoms with Crippen LogP contribution in [0.2, 0.25) is 0 Å². The first kappa shape index (κ1) is 18.3. The fourth-order valence-corrected chi connectivity index (χ4v) is 3.99. The minimum atomic E-state index is -0.173. The van der Waals surface area contributed by atoms with Gasteiger partial charge in [-0.15, -0.1) is 0 Å². The molecule has 0 spiro atoms. The summed E-state index contributed by atoms with van der Waals surface area (Å²) in [4.78, 5) is 35.9. The Balaban J connectivity index is 1.47. The molecule has 0 aliphatic carbocycles. The molecule has 7 nitrogen and oxygen atoms in total. The predicted octanol–water partition coefficient (Wildman–Crippen LogP) is 2.91. The normalized spacial score (nSPS) is 16.5. The number of aromatic amines is 1. The molecule has 1 aliphatic rings. The van der Waals surface area contributed by atoms with E-state index in [0.29, 0.717) is 30.9 Å². The standard InChI is InChI=1S/C23H21N5O2/c1-15-2-4-17(5-3-15)19-12-25-28-22(30)11-20(26-23(19)28)18-10-21(29)27(14-18)13-16-6-8-24-9-7-16/h2-9,11-12,18,25H,10,13-14H2,1H3/t18-/m0/s1. The Morgan fingerprint density at radius 1 is 1.10 bits per heavy atom. The van der Waals surface area contributed by atoms with Crippen molar-refractivity contribution in [3.63, 3.8) is 0 Å². The Hall–Kier alpha value is -3.74. The van der Waals surface area contributed by atoms with Crippen LogP contribution in [0.1, 0.15) is 29.2 Å². The van der Waals surface area contributed by atoms with Crippen LogP contribution in [0.4, 0.5) is 0 Å². The van der Waals surface area contributed by atoms with E-state index in [1.54, 1.807) is 18.6 Å². The molecule has 1 amide bonds. The van der Waals surface area contributed by atoms with E-state index in [2.05, 4.69) is 10.1 Å². The van der Waals surface area contributed by atoms with Crippen molar-refractivity contribution in [2.45, 2.75) is 25.8 Å². The second kappa shape index (κ2) is 7.26. The van der Waals surface area contributed by atoms with Crippen LogP contribution in [0.25, 0.3) is 16.8 Å². The monoisotopic (exact) mass is 399 g/mol. The number of rotatable bonds is 4. The van der Waals surface area contributed by atoms with E-state index in [-0.39, 0.29) is 17.4 Å². The Morgan fingerprint density at radius 2 is 1.87 bits per heavy atom. The molecule has 1 atom stereocenters. The van der Waals surface area contributed by atoms with Gasteiger partial charge in [-0.2, -0.15) is 0 Å². The van der Waals surface area contributed by atoms with Crippen molar-refractivity contribution in [3.05, 3.63) is 88.2 Å². The molecule has 7 heteroatoms. The van der Waals surface area contributed by atoms with Gasteiger partial charge in [0.1, 0.15) is 0 Å². The third-order valence-corrected chi connectivity index (χ3v) is 5.64. The van der Waals surface area contributed by atoms with E-state index in [1.165, 1.54) is 16.1 Å². The molecular formula is C23H21N5O2. The van der Waals surface area contributed by atoms with Gasteiger partial charge in [-0.1, -0.05) is 29.8 Å². The number of benzene rings is 1. The number of likely N-dealkylation sites (tertiary alicyclic amines) is 1. The summed E-state index contributed by atoms with van der Waals surface area (Å²) in [5.74, 6) is -0.0237. The summed E-state index contributed by atoms with van der Waals surface area (Å²) < 4.78 is 1.45. The molecule has 1 fully saturated rings. The van der Waals surface area contributed by atoms with Gasteiger partial charge in [0.2, 0.25) is 5.91 Å². The van der Waals surface area contributed by atoms with Gasteiger partial charge in [0.15, 0.2) is 5.65 Å². The predicted molar refractivity (Wildman–Crippen MR) is 113 cm³/mol. The molecule has 5 rings (SSSR count). The second-order valence-corrected chi connectivity index (χ2v) is 7.76. The highest BCUT2D eigenvalue weighted by atomic mass is 16.2. The third-order valence-electron chi connectivity index (χ3n) is 5.64. The van der Waals surface area contributed by atoms with Gasteiger partial charge in [-0.3, -0.25) is 19.7 Å². The van der Waals surface area contributed by atoms with Crippen molar-refractivity contribution in [3.8, 4) is 11.1 Å². The second-order valence-electron chi connectivity index (χ2n) is 7.76. The van der Waals surface area contributed by atoms with Crippen LogP contribution < -0.4 is 5.56 Å². The zero-order valence-electron chi connectivity index (χ0n) is 16.6. The summed E-state index contributed by atoms with van der Waals surface area (Å²) in [5.41, 5.74) is 5.14. The molecule has 1 aromatic carbocycles. The number of aromatic nitrogens is 4. The smallest absolute Gasteiger partial charge is 0.272 e. The van der Waals surface area contributed by atoms with E-state index in [0.717, 1.165) is 16.7 Å². The van der Waals surface area contributed by atoms with Crippen molar-refractivity contribution < 1.29 is 4.79 Å². The molecule has 1 N–H and O–H groups in total. The van der Waals surface area contributed by atoms with E-state index in [4.69, 9.17) is 4.98 Å². The molecule has 0 saturated carbocycles. The number of H-pyrrole nitrogens is 1. The summed E-state index contributed by atoms with van der Waals surface area (Å²) in [5, 5.41) is 3.00. The van der Waals surface area contributed by atoms with Crippen LogP contribution in [0.15, 0.2) is 65.8 Å². The van der Waals surface area contributed by atoms with Gasteiger partial charge in [-0.05, 0) is 30.2 Å². The number of carbonyl (C=O) groups excluding carboxylic acids is 1. The lowest BCUT2D eigenvalue weighted by Gasteiger charge is -2.16. The highest BCUT2D eigenvalue weighted by Crippen LogP contribution is 2.29. The van der Waals surface area contributed by atoms with Crippen LogP contribution >= 0.6 is 0 Å². The number of pyridine rings is 1. The number of nitrogens with zero attached hydrogens (tertiary/aromatic N) is 4. The van der Waals surface area contributed by atoms with Crippen LogP contribution in [-0.2, 0) is 11.3 Å². The van der Waals surface area contributed by atoms with Gasteiger partial charge in [0.05, 0.1) is 5.69 Å². The number of amides is 1. The molecule has 30 heavy (non-hydrogen) atoms. The fourth-order valence-electron chi connectivity index (χ4n) is 3.99. The summed E-state index contributed by atoms with van der Waals surface area (Å²) >= 11 is 0. The Labute approximate surface area is 173 Å². The highest BCUT2D eigenvalue weighted by Gasteiger charge is 2.32. The molecular weight excluding hydrogens is 378 g/mol. The van der Waals surface area contributed by atoms with E-state index < -0.39 is 0 Å². The maximum atomic E-state index is 12.7. The van der Waals surface area contributed by atoms with Crippen molar-refractivity contribution in [2.75, 3.05) is 6.54 Å². The SMILES string of the molecule is Cc1ccc(-c2c[nH]n3c(=O)cc([C@H]4CC(=O)N(Cc5ccncc5)C4)nc23)cc1. The summed E-state index contributed by atoms with van der Waals surface area (Å²) in [6.45, 7) is 3.13. The minimum absolute atomic E-state index is 0.0756. The summed E-state index contributed by atoms with van der Waals surface area (Å²) in [7, 11) is 0. The lowest BCUT2D eigenvalue weighted by Crippen LogP contribution is -2.24.